The number of rotatable bonds is 2. The average Bonchev–Trinajstić information content (AvgIpc) is 1.88. The highest BCUT2D eigenvalue weighted by Gasteiger charge is 2.14. The minimum Gasteiger partial charge on any atom is -0.375 e. The van der Waals surface area contributed by atoms with Crippen molar-refractivity contribution < 1.29 is 4.74 Å². The minimum absolute atomic E-state index is 0.388. The molecule has 0 N–H and O–H groups in total. The molecule has 59 valence electrons. The maximum Gasteiger partial charge on any atom is 0.0610 e. The predicted molar refractivity (Wildman–Crippen MR) is 42.8 cm³/mol. The first-order valence-corrected chi connectivity index (χ1v) is 4.28. The van der Waals surface area contributed by atoms with Gasteiger partial charge in [0.05, 0.1) is 12.2 Å². The number of hydrogen-bond acceptors (Lipinski definition) is 1. The van der Waals surface area contributed by atoms with E-state index in [4.69, 9.17) is 4.74 Å². The molecule has 0 bridgehead atoms. The summed E-state index contributed by atoms with van der Waals surface area (Å²) in [5, 5.41) is 0. The van der Waals surface area contributed by atoms with Crippen molar-refractivity contribution in [3.8, 4) is 0 Å². The molecule has 1 heteroatoms. The quantitative estimate of drug-likeness (QED) is 0.574. The topological polar surface area (TPSA) is 9.23 Å². The van der Waals surface area contributed by atoms with Gasteiger partial charge in [-0.1, -0.05) is 12.8 Å². The van der Waals surface area contributed by atoms with Crippen molar-refractivity contribution in [1.82, 2.24) is 0 Å². The molecular weight excluding hydrogens is 124 g/mol. The lowest BCUT2D eigenvalue weighted by atomic mass is 9.98. The fourth-order valence-electron chi connectivity index (χ4n) is 1.38. The van der Waals surface area contributed by atoms with Crippen molar-refractivity contribution in [2.45, 2.75) is 51.7 Å². The molecule has 10 heavy (non-hydrogen) atoms. The van der Waals surface area contributed by atoms with E-state index in [2.05, 4.69) is 20.3 Å². The lowest BCUT2D eigenvalue weighted by Crippen LogP contribution is -2.20. The summed E-state index contributed by atoms with van der Waals surface area (Å²) in [5.41, 5.74) is 0. The van der Waals surface area contributed by atoms with Gasteiger partial charge in [0.15, 0.2) is 0 Å². The van der Waals surface area contributed by atoms with Crippen LogP contribution in [-0.4, -0.2) is 12.2 Å². The molecule has 0 aromatic heterocycles. The van der Waals surface area contributed by atoms with Gasteiger partial charge in [-0.3, -0.25) is 0 Å². The molecular formula is C9H17O. The largest absolute Gasteiger partial charge is 0.375 e. The second-order valence-corrected chi connectivity index (χ2v) is 3.24. The van der Waals surface area contributed by atoms with Crippen molar-refractivity contribution in [3.63, 3.8) is 0 Å². The van der Waals surface area contributed by atoms with Gasteiger partial charge < -0.3 is 4.74 Å². The van der Waals surface area contributed by atoms with Crippen LogP contribution < -0.4 is 0 Å². The molecule has 0 aromatic rings. The standard InChI is InChI=1S/C9H17O/c1-8(2)10-9-6-4-3-5-7-9/h6,8-9H,3-5,7H2,1-2H3/t9-/m1/s1. The number of ether oxygens (including phenoxy) is 1. The van der Waals surface area contributed by atoms with Gasteiger partial charge >= 0.3 is 0 Å². The lowest BCUT2D eigenvalue weighted by Gasteiger charge is -2.23. The van der Waals surface area contributed by atoms with Crippen LogP contribution in [0.1, 0.15) is 39.5 Å². The molecule has 1 aliphatic rings. The van der Waals surface area contributed by atoms with E-state index >= 15 is 0 Å². The van der Waals surface area contributed by atoms with E-state index in [0.29, 0.717) is 12.2 Å². The lowest BCUT2D eigenvalue weighted by molar-refractivity contribution is 0.0132. The van der Waals surface area contributed by atoms with Crippen LogP contribution in [0.15, 0.2) is 0 Å². The molecule has 0 aliphatic heterocycles. The SMILES string of the molecule is CC(C)O[C@@H]1[CH]CCCC1. The van der Waals surface area contributed by atoms with E-state index < -0.39 is 0 Å². The van der Waals surface area contributed by atoms with E-state index in [1.54, 1.807) is 0 Å². The molecule has 1 nitrogen and oxygen atoms in total. The molecule has 0 saturated heterocycles. The van der Waals surface area contributed by atoms with Gasteiger partial charge in [0.25, 0.3) is 0 Å². The summed E-state index contributed by atoms with van der Waals surface area (Å²) >= 11 is 0. The Morgan fingerprint density at radius 1 is 1.40 bits per heavy atom. The van der Waals surface area contributed by atoms with E-state index in [9.17, 15) is 0 Å². The fraction of sp³-hybridized carbons (Fsp3) is 0.889. The molecule has 0 amide bonds. The van der Waals surface area contributed by atoms with Crippen LogP contribution in [0.5, 0.6) is 0 Å². The zero-order chi connectivity index (χ0) is 7.40. The highest BCUT2D eigenvalue weighted by Crippen LogP contribution is 2.20. The molecule has 0 spiro atoms. The van der Waals surface area contributed by atoms with Gasteiger partial charge in [0, 0.05) is 0 Å². The van der Waals surface area contributed by atoms with E-state index in [1.165, 1.54) is 25.7 Å². The van der Waals surface area contributed by atoms with Gasteiger partial charge in [0.1, 0.15) is 0 Å². The third-order valence-electron chi connectivity index (χ3n) is 1.82. The maximum atomic E-state index is 5.64. The molecule has 1 radical (unpaired) electrons. The van der Waals surface area contributed by atoms with Crippen molar-refractivity contribution >= 4 is 0 Å². The van der Waals surface area contributed by atoms with Crippen molar-refractivity contribution in [3.05, 3.63) is 6.42 Å². The van der Waals surface area contributed by atoms with E-state index in [0.717, 1.165) is 0 Å². The van der Waals surface area contributed by atoms with Crippen LogP contribution in [0, 0.1) is 6.42 Å². The summed E-state index contributed by atoms with van der Waals surface area (Å²) < 4.78 is 5.64. The third-order valence-corrected chi connectivity index (χ3v) is 1.82. The number of hydrogen-bond donors (Lipinski definition) is 0. The molecule has 1 fully saturated rings. The second-order valence-electron chi connectivity index (χ2n) is 3.24. The molecule has 1 rings (SSSR count). The van der Waals surface area contributed by atoms with Crippen LogP contribution in [0.2, 0.25) is 0 Å². The van der Waals surface area contributed by atoms with Gasteiger partial charge in [-0.2, -0.15) is 0 Å². The minimum atomic E-state index is 0.388. The van der Waals surface area contributed by atoms with Gasteiger partial charge in [-0.05, 0) is 33.1 Å². The molecule has 0 unspecified atom stereocenters. The Balaban J connectivity index is 2.13. The second kappa shape index (κ2) is 3.97. The fourth-order valence-corrected chi connectivity index (χ4v) is 1.38. The zero-order valence-electron chi connectivity index (χ0n) is 6.97. The Morgan fingerprint density at radius 3 is 2.70 bits per heavy atom. The first-order chi connectivity index (χ1) is 4.79. The summed E-state index contributed by atoms with van der Waals surface area (Å²) in [6, 6.07) is 0. The van der Waals surface area contributed by atoms with Crippen LogP contribution in [0.3, 0.4) is 0 Å². The van der Waals surface area contributed by atoms with Crippen molar-refractivity contribution in [2.75, 3.05) is 0 Å². The molecule has 1 aliphatic carbocycles. The Morgan fingerprint density at radius 2 is 2.20 bits per heavy atom. The smallest absolute Gasteiger partial charge is 0.0610 e. The Kier molecular flexibility index (Phi) is 3.20. The van der Waals surface area contributed by atoms with Crippen LogP contribution in [-0.2, 0) is 4.74 Å². The summed E-state index contributed by atoms with van der Waals surface area (Å²) in [6.45, 7) is 4.20. The first-order valence-electron chi connectivity index (χ1n) is 4.28. The first kappa shape index (κ1) is 8.06. The Labute approximate surface area is 63.8 Å². The molecule has 0 heterocycles. The van der Waals surface area contributed by atoms with Crippen LogP contribution >= 0.6 is 0 Å². The highest BCUT2D eigenvalue weighted by atomic mass is 16.5. The molecule has 1 saturated carbocycles. The Bertz CT molecular complexity index is 82.7. The monoisotopic (exact) mass is 141 g/mol. The average molecular weight is 141 g/mol. The van der Waals surface area contributed by atoms with Crippen LogP contribution in [0.4, 0.5) is 0 Å². The third kappa shape index (κ3) is 2.70. The van der Waals surface area contributed by atoms with Crippen molar-refractivity contribution in [1.29, 1.82) is 0 Å². The van der Waals surface area contributed by atoms with E-state index in [1.807, 2.05) is 0 Å². The van der Waals surface area contributed by atoms with Crippen LogP contribution in [0.25, 0.3) is 0 Å². The predicted octanol–water partition coefficient (Wildman–Crippen LogP) is 2.56. The summed E-state index contributed by atoms with van der Waals surface area (Å²) in [6.07, 6.45) is 8.33. The zero-order valence-corrected chi connectivity index (χ0v) is 6.97. The Hall–Kier alpha value is -0.0400. The maximum absolute atomic E-state index is 5.64. The van der Waals surface area contributed by atoms with Gasteiger partial charge in [-0.25, -0.2) is 0 Å². The summed E-state index contributed by atoms with van der Waals surface area (Å²) in [4.78, 5) is 0. The molecule has 0 aromatic carbocycles. The molecule has 1 atom stereocenters. The summed E-state index contributed by atoms with van der Waals surface area (Å²) in [7, 11) is 0. The summed E-state index contributed by atoms with van der Waals surface area (Å²) in [5.74, 6) is 0. The van der Waals surface area contributed by atoms with Crippen molar-refractivity contribution in [2.24, 2.45) is 0 Å². The normalized spacial score (nSPS) is 21.9. The van der Waals surface area contributed by atoms with Gasteiger partial charge in [0.2, 0.25) is 0 Å². The van der Waals surface area contributed by atoms with E-state index in [-0.39, 0.29) is 0 Å². The highest BCUT2D eigenvalue weighted by molar-refractivity contribution is 4.82. The van der Waals surface area contributed by atoms with Gasteiger partial charge in [-0.15, -0.1) is 0 Å².